The van der Waals surface area contributed by atoms with Gasteiger partial charge in [0.05, 0.1) is 10.0 Å². The molecule has 0 aromatic carbocycles. The third kappa shape index (κ3) is 6.62. The molecule has 2 aromatic rings. The van der Waals surface area contributed by atoms with Crippen molar-refractivity contribution in [2.45, 2.75) is 5.03 Å². The minimum atomic E-state index is -3.85. The van der Waals surface area contributed by atoms with Gasteiger partial charge in [0.1, 0.15) is 5.75 Å². The lowest BCUT2D eigenvalue weighted by molar-refractivity contribution is -0.118. The summed E-state index contributed by atoms with van der Waals surface area (Å²) >= 11 is 8.36. The van der Waals surface area contributed by atoms with E-state index in [1.54, 1.807) is 11.4 Å². The molecule has 0 aliphatic carbocycles. The third-order valence-electron chi connectivity index (χ3n) is 2.50. The molecule has 0 aliphatic heterocycles. The van der Waals surface area contributed by atoms with Crippen molar-refractivity contribution in [1.82, 2.24) is 15.6 Å². The van der Waals surface area contributed by atoms with E-state index in [2.05, 4.69) is 25.3 Å². The van der Waals surface area contributed by atoms with E-state index >= 15 is 0 Å². The molecule has 0 atom stereocenters. The Balaban J connectivity index is 1.89. The summed E-state index contributed by atoms with van der Waals surface area (Å²) in [5, 5.41) is 16.8. The molecule has 0 saturated heterocycles. The van der Waals surface area contributed by atoms with Gasteiger partial charge in [-0.1, -0.05) is 23.4 Å². The molecular weight excluding hydrogens is 412 g/mol. The van der Waals surface area contributed by atoms with Gasteiger partial charge >= 0.3 is 0 Å². The highest BCUT2D eigenvalue weighted by molar-refractivity contribution is 7.99. The standard InChI is InChI=1S/C11H13ClN6O4S3/c12-7-3-6(4-24-7)16-10(13)9-11(18-22-17-9)23-2-1-15-8(19)5-25(14,20)21/h3-4H,1-2,5H2,(H2,13,16)(H,15,19)(H2,14,20,21). The fourth-order valence-corrected chi connectivity index (χ4v) is 3.57. The third-order valence-corrected chi connectivity index (χ3v) is 5.19. The molecule has 0 bridgehead atoms. The first-order chi connectivity index (χ1) is 11.7. The average molecular weight is 425 g/mol. The number of amides is 1. The molecular formula is C11H13ClN6O4S3. The van der Waals surface area contributed by atoms with E-state index in [4.69, 9.17) is 22.5 Å². The summed E-state index contributed by atoms with van der Waals surface area (Å²) in [5.41, 5.74) is 6.74. The number of hydrogen-bond donors (Lipinski definition) is 3. The van der Waals surface area contributed by atoms with Crippen LogP contribution in [0.2, 0.25) is 4.34 Å². The van der Waals surface area contributed by atoms with E-state index in [1.807, 2.05) is 0 Å². The molecule has 136 valence electrons. The first kappa shape index (κ1) is 19.7. The summed E-state index contributed by atoms with van der Waals surface area (Å²) < 4.78 is 26.8. The van der Waals surface area contributed by atoms with Gasteiger partial charge in [-0.25, -0.2) is 23.2 Å². The number of sulfonamides is 1. The number of thiophene rings is 1. The lowest BCUT2D eigenvalue weighted by atomic mass is 10.4. The Kier molecular flexibility index (Phi) is 6.78. The predicted octanol–water partition coefficient (Wildman–Crippen LogP) is 0.318. The van der Waals surface area contributed by atoms with E-state index in [9.17, 15) is 13.2 Å². The molecule has 0 unspecified atom stereocenters. The van der Waals surface area contributed by atoms with Crippen molar-refractivity contribution in [3.8, 4) is 0 Å². The van der Waals surface area contributed by atoms with Crippen molar-refractivity contribution in [2.75, 3.05) is 18.1 Å². The highest BCUT2D eigenvalue weighted by Gasteiger charge is 2.15. The summed E-state index contributed by atoms with van der Waals surface area (Å²) in [6, 6.07) is 1.65. The summed E-state index contributed by atoms with van der Waals surface area (Å²) in [6.45, 7) is 0.197. The van der Waals surface area contributed by atoms with E-state index in [0.717, 1.165) is 0 Å². The van der Waals surface area contributed by atoms with Crippen LogP contribution in [0, 0.1) is 0 Å². The van der Waals surface area contributed by atoms with Gasteiger partial charge in [-0.2, -0.15) is 0 Å². The number of aromatic nitrogens is 2. The monoisotopic (exact) mass is 424 g/mol. The van der Waals surface area contributed by atoms with Crippen LogP contribution in [0.4, 0.5) is 5.69 Å². The second-order valence-electron chi connectivity index (χ2n) is 4.53. The molecule has 25 heavy (non-hydrogen) atoms. The molecule has 0 radical (unpaired) electrons. The zero-order chi connectivity index (χ0) is 18.4. The number of primary sulfonamides is 1. The van der Waals surface area contributed by atoms with Crippen molar-refractivity contribution < 1.29 is 17.8 Å². The number of hydrogen-bond acceptors (Lipinski definition) is 9. The van der Waals surface area contributed by atoms with Gasteiger partial charge in [0.2, 0.25) is 15.9 Å². The zero-order valence-electron chi connectivity index (χ0n) is 12.5. The maximum absolute atomic E-state index is 11.3. The second kappa shape index (κ2) is 8.62. The topological polar surface area (TPSA) is 167 Å². The summed E-state index contributed by atoms with van der Waals surface area (Å²) in [6.07, 6.45) is 0. The normalized spacial score (nSPS) is 12.3. The van der Waals surface area contributed by atoms with E-state index in [-0.39, 0.29) is 18.1 Å². The lowest BCUT2D eigenvalue weighted by Gasteiger charge is -2.03. The van der Waals surface area contributed by atoms with E-state index < -0.39 is 21.7 Å². The predicted molar refractivity (Wildman–Crippen MR) is 95.7 cm³/mol. The second-order valence-corrected chi connectivity index (χ2v) is 8.77. The molecule has 0 saturated carbocycles. The van der Waals surface area contributed by atoms with E-state index in [0.29, 0.717) is 20.8 Å². The molecule has 2 rings (SSSR count). The van der Waals surface area contributed by atoms with E-state index in [1.165, 1.54) is 23.1 Å². The van der Waals surface area contributed by atoms with Crippen molar-refractivity contribution in [3.63, 3.8) is 0 Å². The maximum Gasteiger partial charge on any atom is 0.236 e. The summed E-state index contributed by atoms with van der Waals surface area (Å²) in [7, 11) is -3.85. The van der Waals surface area contributed by atoms with Crippen molar-refractivity contribution in [3.05, 3.63) is 21.5 Å². The largest absolute Gasteiger partial charge is 0.382 e. The molecule has 0 spiro atoms. The fourth-order valence-electron chi connectivity index (χ4n) is 1.56. The van der Waals surface area contributed by atoms with Gasteiger partial charge < -0.3 is 11.1 Å². The summed E-state index contributed by atoms with van der Waals surface area (Å²) in [4.78, 5) is 15.5. The van der Waals surface area contributed by atoms with Gasteiger partial charge in [0.25, 0.3) is 0 Å². The number of thioether (sulfide) groups is 1. The Bertz CT molecular complexity index is 878. The van der Waals surface area contributed by atoms with Gasteiger partial charge in [-0.3, -0.25) is 4.79 Å². The molecule has 5 N–H and O–H groups in total. The van der Waals surface area contributed by atoms with Crippen LogP contribution in [0.3, 0.4) is 0 Å². The van der Waals surface area contributed by atoms with Crippen LogP contribution >= 0.6 is 34.7 Å². The molecule has 2 heterocycles. The Morgan fingerprint density at radius 3 is 2.88 bits per heavy atom. The first-order valence-electron chi connectivity index (χ1n) is 6.55. The average Bonchev–Trinajstić information content (AvgIpc) is 3.10. The quantitative estimate of drug-likeness (QED) is 0.235. The van der Waals surface area contributed by atoms with Crippen LogP contribution in [0.15, 0.2) is 26.1 Å². The van der Waals surface area contributed by atoms with Gasteiger partial charge in [-0.05, 0) is 16.4 Å². The Morgan fingerprint density at radius 1 is 1.48 bits per heavy atom. The number of rotatable bonds is 8. The Morgan fingerprint density at radius 2 is 2.24 bits per heavy atom. The number of nitrogens with two attached hydrogens (primary N) is 2. The molecule has 0 aliphatic rings. The Labute approximate surface area is 156 Å². The van der Waals surface area contributed by atoms with Crippen molar-refractivity contribution >= 4 is 62.2 Å². The minimum Gasteiger partial charge on any atom is -0.382 e. The van der Waals surface area contributed by atoms with Crippen LogP contribution in [0.1, 0.15) is 5.69 Å². The zero-order valence-corrected chi connectivity index (χ0v) is 15.7. The van der Waals surface area contributed by atoms with Crippen LogP contribution in [0.5, 0.6) is 0 Å². The molecule has 14 heteroatoms. The SMILES string of the molecule is NC(=Nc1csc(Cl)c1)c1nonc1SCCNC(=O)CS(N)(=O)=O. The minimum absolute atomic E-state index is 0.108. The molecule has 2 aromatic heterocycles. The van der Waals surface area contributed by atoms with Gasteiger partial charge in [0.15, 0.2) is 16.6 Å². The lowest BCUT2D eigenvalue weighted by Crippen LogP contribution is -2.34. The van der Waals surface area contributed by atoms with Gasteiger partial charge in [-0.15, -0.1) is 11.3 Å². The smallest absolute Gasteiger partial charge is 0.236 e. The molecule has 10 nitrogen and oxygen atoms in total. The maximum atomic E-state index is 11.3. The fraction of sp³-hybridized carbons (Fsp3) is 0.273. The number of carbonyl (C=O) groups excluding carboxylic acids is 1. The number of nitrogens with one attached hydrogen (secondary N) is 1. The highest BCUT2D eigenvalue weighted by Crippen LogP contribution is 2.27. The van der Waals surface area contributed by atoms with Crippen LogP contribution < -0.4 is 16.2 Å². The number of aliphatic imine (C=N–C) groups is 1. The number of halogens is 1. The van der Waals surface area contributed by atoms with Gasteiger partial charge in [0, 0.05) is 17.7 Å². The van der Waals surface area contributed by atoms with Crippen LogP contribution in [0.25, 0.3) is 0 Å². The number of nitrogens with zero attached hydrogens (tertiary/aromatic N) is 3. The molecule has 0 fully saturated rings. The van der Waals surface area contributed by atoms with Crippen LogP contribution in [-0.2, 0) is 14.8 Å². The Hall–Kier alpha value is -1.67. The first-order valence-corrected chi connectivity index (χ1v) is 10.5. The van der Waals surface area contributed by atoms with Crippen molar-refractivity contribution in [2.24, 2.45) is 15.9 Å². The number of amidine groups is 1. The highest BCUT2D eigenvalue weighted by atomic mass is 35.5. The molecule has 1 amide bonds. The van der Waals surface area contributed by atoms with Crippen molar-refractivity contribution in [1.29, 1.82) is 0 Å². The van der Waals surface area contributed by atoms with Crippen LogP contribution in [-0.4, -0.2) is 48.5 Å². The number of carbonyl (C=O) groups is 1. The summed E-state index contributed by atoms with van der Waals surface area (Å²) in [5.74, 6) is -0.958.